The predicted octanol–water partition coefficient (Wildman–Crippen LogP) is 2.50. The molecule has 1 aromatic heterocycles. The highest BCUT2D eigenvalue weighted by atomic mass is 16.5. The van der Waals surface area contributed by atoms with Crippen molar-refractivity contribution in [3.63, 3.8) is 0 Å². The molecule has 18 heavy (non-hydrogen) atoms. The molecule has 2 N–H and O–H groups in total. The van der Waals surface area contributed by atoms with E-state index in [-0.39, 0.29) is 0 Å². The van der Waals surface area contributed by atoms with Gasteiger partial charge in [0.25, 0.3) is 0 Å². The molecule has 1 aromatic carbocycles. The lowest BCUT2D eigenvalue weighted by Gasteiger charge is -2.11. The number of nitrogens with zero attached hydrogens (tertiary/aromatic N) is 1. The van der Waals surface area contributed by atoms with Gasteiger partial charge in [-0.1, -0.05) is 18.1 Å². The second-order valence-electron chi connectivity index (χ2n) is 3.77. The van der Waals surface area contributed by atoms with Crippen LogP contribution in [0.1, 0.15) is 12.5 Å². The van der Waals surface area contributed by atoms with Crippen LogP contribution in [0.5, 0.6) is 11.5 Å². The molecule has 0 aliphatic rings. The number of hydrogen-bond donors (Lipinski definition) is 1. The lowest BCUT2D eigenvalue weighted by molar-refractivity contribution is 0.387. The van der Waals surface area contributed by atoms with Crippen LogP contribution in [0.15, 0.2) is 22.7 Å². The van der Waals surface area contributed by atoms with E-state index in [0.717, 1.165) is 17.5 Å². The van der Waals surface area contributed by atoms with Crippen LogP contribution in [-0.2, 0) is 6.42 Å². The van der Waals surface area contributed by atoms with Crippen molar-refractivity contribution in [1.29, 1.82) is 0 Å². The minimum atomic E-state index is 0.403. The molecule has 0 aliphatic heterocycles. The molecule has 0 spiro atoms. The molecule has 0 aliphatic carbocycles. The van der Waals surface area contributed by atoms with E-state index in [1.807, 2.05) is 25.1 Å². The number of hydrogen-bond acceptors (Lipinski definition) is 5. The Labute approximate surface area is 105 Å². The molecule has 96 valence electrons. The summed E-state index contributed by atoms with van der Waals surface area (Å²) in [5.41, 5.74) is 7.38. The van der Waals surface area contributed by atoms with Gasteiger partial charge in [0, 0.05) is 5.56 Å². The van der Waals surface area contributed by atoms with Crippen LogP contribution in [0.25, 0.3) is 11.3 Å². The van der Waals surface area contributed by atoms with Gasteiger partial charge in [0.15, 0.2) is 11.6 Å². The summed E-state index contributed by atoms with van der Waals surface area (Å²) in [6.45, 7) is 1.99. The number of methoxy groups -OCH3 is 2. The Hall–Kier alpha value is -2.17. The van der Waals surface area contributed by atoms with E-state index in [9.17, 15) is 0 Å². The van der Waals surface area contributed by atoms with Gasteiger partial charge in [0.1, 0.15) is 17.1 Å². The normalized spacial score (nSPS) is 10.4. The summed E-state index contributed by atoms with van der Waals surface area (Å²) in [5.74, 6) is 2.34. The monoisotopic (exact) mass is 248 g/mol. The first-order valence-electron chi connectivity index (χ1n) is 5.68. The Kier molecular flexibility index (Phi) is 3.41. The first-order chi connectivity index (χ1) is 8.72. The summed E-state index contributed by atoms with van der Waals surface area (Å²) in [7, 11) is 3.20. The molecule has 0 unspecified atom stereocenters. The minimum absolute atomic E-state index is 0.403. The Morgan fingerprint density at radius 2 is 1.83 bits per heavy atom. The van der Waals surface area contributed by atoms with Crippen molar-refractivity contribution in [2.45, 2.75) is 13.3 Å². The van der Waals surface area contributed by atoms with Crippen molar-refractivity contribution in [2.24, 2.45) is 0 Å². The van der Waals surface area contributed by atoms with Gasteiger partial charge < -0.3 is 19.7 Å². The van der Waals surface area contributed by atoms with Crippen molar-refractivity contribution >= 4 is 5.82 Å². The number of rotatable bonds is 4. The molecule has 1 heterocycles. The summed E-state index contributed by atoms with van der Waals surface area (Å²) in [5, 5.41) is 3.81. The van der Waals surface area contributed by atoms with Crippen LogP contribution in [0.3, 0.4) is 0 Å². The first kappa shape index (κ1) is 12.3. The zero-order valence-electron chi connectivity index (χ0n) is 10.7. The van der Waals surface area contributed by atoms with E-state index in [0.29, 0.717) is 23.1 Å². The predicted molar refractivity (Wildman–Crippen MR) is 68.8 cm³/mol. The largest absolute Gasteiger partial charge is 0.496 e. The van der Waals surface area contributed by atoms with E-state index in [4.69, 9.17) is 19.7 Å². The number of benzene rings is 1. The average Bonchev–Trinajstić information content (AvgIpc) is 2.78. The van der Waals surface area contributed by atoms with E-state index < -0.39 is 0 Å². The summed E-state index contributed by atoms with van der Waals surface area (Å²) in [6.07, 6.45) is 0.728. The third kappa shape index (κ3) is 1.88. The molecule has 0 bridgehead atoms. The van der Waals surface area contributed by atoms with E-state index in [1.165, 1.54) is 0 Å². The fraction of sp³-hybridized carbons (Fsp3) is 0.308. The minimum Gasteiger partial charge on any atom is -0.496 e. The van der Waals surface area contributed by atoms with Gasteiger partial charge in [0.2, 0.25) is 0 Å². The first-order valence-corrected chi connectivity index (χ1v) is 5.68. The van der Waals surface area contributed by atoms with Gasteiger partial charge >= 0.3 is 0 Å². The number of aromatic nitrogens is 1. The van der Waals surface area contributed by atoms with Crippen molar-refractivity contribution in [3.8, 4) is 22.8 Å². The molecule has 0 saturated carbocycles. The summed E-state index contributed by atoms with van der Waals surface area (Å²) in [4.78, 5) is 0. The SMILES string of the molecule is CCc1c(N)noc1-c1c(OC)cccc1OC. The Morgan fingerprint density at radius 1 is 1.22 bits per heavy atom. The number of nitrogen functional groups attached to an aromatic ring is 1. The highest BCUT2D eigenvalue weighted by molar-refractivity contribution is 5.77. The summed E-state index contributed by atoms with van der Waals surface area (Å²) in [6, 6.07) is 5.54. The molecular weight excluding hydrogens is 232 g/mol. The van der Waals surface area contributed by atoms with Gasteiger partial charge in [-0.15, -0.1) is 0 Å². The molecule has 0 amide bonds. The zero-order valence-corrected chi connectivity index (χ0v) is 10.7. The van der Waals surface area contributed by atoms with Gasteiger partial charge in [0.05, 0.1) is 14.2 Å². The Bertz CT molecular complexity index is 527. The molecule has 2 aromatic rings. The van der Waals surface area contributed by atoms with Crippen LogP contribution in [0.4, 0.5) is 5.82 Å². The molecular formula is C13H16N2O3. The lowest BCUT2D eigenvalue weighted by atomic mass is 10.0. The van der Waals surface area contributed by atoms with Gasteiger partial charge in [-0.3, -0.25) is 0 Å². The quantitative estimate of drug-likeness (QED) is 0.900. The maximum atomic E-state index is 5.79. The highest BCUT2D eigenvalue weighted by Gasteiger charge is 2.21. The second kappa shape index (κ2) is 5.00. The maximum absolute atomic E-state index is 5.79. The van der Waals surface area contributed by atoms with Gasteiger partial charge in [-0.25, -0.2) is 0 Å². The molecule has 0 atom stereocenters. The molecule has 5 nitrogen and oxygen atoms in total. The van der Waals surface area contributed by atoms with Crippen molar-refractivity contribution in [3.05, 3.63) is 23.8 Å². The van der Waals surface area contributed by atoms with Crippen molar-refractivity contribution in [1.82, 2.24) is 5.16 Å². The zero-order chi connectivity index (χ0) is 13.1. The standard InChI is InChI=1S/C13H16N2O3/c1-4-8-12(18-15-13(8)14)11-9(16-2)6-5-7-10(11)17-3/h5-7H,4H2,1-3H3,(H2,14,15). The van der Waals surface area contributed by atoms with Crippen LogP contribution in [-0.4, -0.2) is 19.4 Å². The molecule has 0 fully saturated rings. The second-order valence-corrected chi connectivity index (χ2v) is 3.77. The number of anilines is 1. The van der Waals surface area contributed by atoms with Crippen molar-refractivity contribution < 1.29 is 14.0 Å². The third-order valence-corrected chi connectivity index (χ3v) is 2.83. The topological polar surface area (TPSA) is 70.5 Å². The highest BCUT2D eigenvalue weighted by Crippen LogP contribution is 2.41. The Morgan fingerprint density at radius 3 is 2.33 bits per heavy atom. The fourth-order valence-electron chi connectivity index (χ4n) is 1.93. The van der Waals surface area contributed by atoms with Gasteiger partial charge in [-0.2, -0.15) is 0 Å². The van der Waals surface area contributed by atoms with Crippen LogP contribution in [0.2, 0.25) is 0 Å². The molecule has 0 saturated heterocycles. The molecule has 5 heteroatoms. The average molecular weight is 248 g/mol. The van der Waals surface area contributed by atoms with E-state index >= 15 is 0 Å². The fourth-order valence-corrected chi connectivity index (χ4v) is 1.93. The smallest absolute Gasteiger partial charge is 0.179 e. The Balaban J connectivity index is 2.68. The van der Waals surface area contributed by atoms with E-state index in [1.54, 1.807) is 14.2 Å². The third-order valence-electron chi connectivity index (χ3n) is 2.83. The van der Waals surface area contributed by atoms with Crippen LogP contribution in [0, 0.1) is 0 Å². The lowest BCUT2D eigenvalue weighted by Crippen LogP contribution is -1.95. The maximum Gasteiger partial charge on any atom is 0.179 e. The van der Waals surface area contributed by atoms with Gasteiger partial charge in [-0.05, 0) is 18.6 Å². The number of ether oxygens (including phenoxy) is 2. The van der Waals surface area contributed by atoms with Crippen molar-refractivity contribution in [2.75, 3.05) is 20.0 Å². The van der Waals surface area contributed by atoms with Crippen LogP contribution >= 0.6 is 0 Å². The molecule has 0 radical (unpaired) electrons. The molecule has 2 rings (SSSR count). The summed E-state index contributed by atoms with van der Waals surface area (Å²) >= 11 is 0. The van der Waals surface area contributed by atoms with E-state index in [2.05, 4.69) is 5.16 Å². The number of nitrogens with two attached hydrogens (primary N) is 1. The van der Waals surface area contributed by atoms with Crippen LogP contribution < -0.4 is 15.2 Å². The summed E-state index contributed by atoms with van der Waals surface area (Å²) < 4.78 is 16.0.